The van der Waals surface area contributed by atoms with Crippen molar-refractivity contribution < 1.29 is 14.0 Å². The van der Waals surface area contributed by atoms with Crippen molar-refractivity contribution in [3.63, 3.8) is 0 Å². The van der Waals surface area contributed by atoms with Crippen molar-refractivity contribution in [1.82, 2.24) is 4.90 Å². The molecule has 0 aliphatic carbocycles. The standard InChI is InChI=1S/C19H18N2O3S2/c1-2-13-12-8-11-25-15(12)7-9-21(13)19(23)16-5-6-17(26-16)20-18(22)14-4-3-10-24-14/h3-6,8,10-11,13H,2,7,9H2,1H3,(H,20,22)/t13-/m0/s1. The Morgan fingerprint density at radius 1 is 1.31 bits per heavy atom. The number of nitrogens with one attached hydrogen (secondary N) is 1. The van der Waals surface area contributed by atoms with Crippen LogP contribution >= 0.6 is 22.7 Å². The molecule has 0 saturated heterocycles. The second-order valence-corrected chi connectivity index (χ2v) is 8.15. The lowest BCUT2D eigenvalue weighted by Crippen LogP contribution is -2.38. The number of thiophene rings is 2. The molecule has 1 N–H and O–H groups in total. The summed E-state index contributed by atoms with van der Waals surface area (Å²) in [4.78, 5) is 29.1. The molecule has 134 valence electrons. The first-order valence-electron chi connectivity index (χ1n) is 8.49. The molecule has 4 heterocycles. The molecule has 7 heteroatoms. The van der Waals surface area contributed by atoms with Crippen molar-refractivity contribution in [1.29, 1.82) is 0 Å². The summed E-state index contributed by atoms with van der Waals surface area (Å²) in [6, 6.07) is 9.07. The Labute approximate surface area is 159 Å². The number of hydrogen-bond acceptors (Lipinski definition) is 5. The molecular weight excluding hydrogens is 368 g/mol. The zero-order chi connectivity index (χ0) is 18.1. The summed E-state index contributed by atoms with van der Waals surface area (Å²) in [5, 5.41) is 5.52. The summed E-state index contributed by atoms with van der Waals surface area (Å²) in [5.74, 6) is -0.0429. The van der Waals surface area contributed by atoms with Crippen LogP contribution in [0.25, 0.3) is 0 Å². The van der Waals surface area contributed by atoms with Gasteiger partial charge in [-0.1, -0.05) is 6.92 Å². The second-order valence-electron chi connectivity index (χ2n) is 6.07. The van der Waals surface area contributed by atoms with E-state index in [-0.39, 0.29) is 23.6 Å². The van der Waals surface area contributed by atoms with Gasteiger partial charge in [0.15, 0.2) is 5.76 Å². The first-order chi connectivity index (χ1) is 12.7. The SMILES string of the molecule is CC[C@H]1c2ccsc2CCN1C(=O)c1ccc(NC(=O)c2ccco2)s1. The highest BCUT2D eigenvalue weighted by Gasteiger charge is 2.31. The Balaban J connectivity index is 1.50. The fourth-order valence-electron chi connectivity index (χ4n) is 3.32. The third-order valence-electron chi connectivity index (χ3n) is 4.54. The second kappa shape index (κ2) is 7.09. The number of nitrogens with zero attached hydrogens (tertiary/aromatic N) is 1. The quantitative estimate of drug-likeness (QED) is 0.700. The molecule has 3 aromatic heterocycles. The molecule has 0 radical (unpaired) electrons. The van der Waals surface area contributed by atoms with Gasteiger partial charge in [-0.15, -0.1) is 22.7 Å². The van der Waals surface area contributed by atoms with Crippen LogP contribution in [0.3, 0.4) is 0 Å². The van der Waals surface area contributed by atoms with Crippen LogP contribution in [-0.2, 0) is 6.42 Å². The molecule has 4 rings (SSSR count). The van der Waals surface area contributed by atoms with E-state index in [4.69, 9.17) is 4.42 Å². The molecule has 3 aromatic rings. The molecule has 0 saturated carbocycles. The minimum absolute atomic E-state index is 0.0252. The molecular formula is C19H18N2O3S2. The lowest BCUT2D eigenvalue weighted by Gasteiger charge is -2.35. The molecule has 0 fully saturated rings. The van der Waals surface area contributed by atoms with Gasteiger partial charge in [-0.2, -0.15) is 0 Å². The summed E-state index contributed by atoms with van der Waals surface area (Å²) in [6.45, 7) is 2.85. The summed E-state index contributed by atoms with van der Waals surface area (Å²) in [5.41, 5.74) is 1.28. The number of carbonyl (C=O) groups is 2. The highest BCUT2D eigenvalue weighted by Crippen LogP contribution is 2.37. The highest BCUT2D eigenvalue weighted by molar-refractivity contribution is 7.18. The Hall–Kier alpha value is -2.38. The third kappa shape index (κ3) is 3.08. The van der Waals surface area contributed by atoms with E-state index in [9.17, 15) is 9.59 Å². The van der Waals surface area contributed by atoms with Crippen LogP contribution in [0, 0.1) is 0 Å². The van der Waals surface area contributed by atoms with Crippen LogP contribution in [-0.4, -0.2) is 23.3 Å². The predicted molar refractivity (Wildman–Crippen MR) is 103 cm³/mol. The maximum atomic E-state index is 13.0. The van der Waals surface area contributed by atoms with Crippen LogP contribution in [0.2, 0.25) is 0 Å². The van der Waals surface area contributed by atoms with E-state index < -0.39 is 0 Å². The number of anilines is 1. The van der Waals surface area contributed by atoms with Gasteiger partial charge < -0.3 is 14.6 Å². The summed E-state index contributed by atoms with van der Waals surface area (Å²) >= 11 is 3.07. The van der Waals surface area contributed by atoms with Gasteiger partial charge in [-0.05, 0) is 54.1 Å². The smallest absolute Gasteiger partial charge is 0.291 e. The third-order valence-corrected chi connectivity index (χ3v) is 6.53. The largest absolute Gasteiger partial charge is 0.459 e. The van der Waals surface area contributed by atoms with Gasteiger partial charge in [-0.3, -0.25) is 9.59 Å². The van der Waals surface area contributed by atoms with Crippen molar-refractivity contribution in [2.75, 3.05) is 11.9 Å². The van der Waals surface area contributed by atoms with Crippen LogP contribution in [0.5, 0.6) is 0 Å². The summed E-state index contributed by atoms with van der Waals surface area (Å²) < 4.78 is 5.09. The molecule has 0 aromatic carbocycles. The Kier molecular flexibility index (Phi) is 4.65. The number of carbonyl (C=O) groups excluding carboxylic acids is 2. The Morgan fingerprint density at radius 2 is 2.19 bits per heavy atom. The van der Waals surface area contributed by atoms with E-state index >= 15 is 0 Å². The van der Waals surface area contributed by atoms with E-state index in [1.807, 2.05) is 4.90 Å². The number of fused-ring (bicyclic) bond motifs is 1. The topological polar surface area (TPSA) is 62.6 Å². The number of amides is 2. The van der Waals surface area contributed by atoms with E-state index in [1.165, 1.54) is 28.0 Å². The van der Waals surface area contributed by atoms with E-state index in [2.05, 4.69) is 23.7 Å². The van der Waals surface area contributed by atoms with Gasteiger partial charge in [0, 0.05) is 11.4 Å². The van der Waals surface area contributed by atoms with Gasteiger partial charge in [0.25, 0.3) is 11.8 Å². The minimum atomic E-state index is -0.317. The van der Waals surface area contributed by atoms with E-state index in [1.54, 1.807) is 35.6 Å². The molecule has 0 spiro atoms. The summed E-state index contributed by atoms with van der Waals surface area (Å²) in [7, 11) is 0. The first kappa shape index (κ1) is 17.1. The molecule has 1 aliphatic rings. The van der Waals surface area contributed by atoms with Gasteiger partial charge in [0.05, 0.1) is 22.2 Å². The van der Waals surface area contributed by atoms with Gasteiger partial charge in [-0.25, -0.2) is 0 Å². The van der Waals surface area contributed by atoms with Crippen molar-refractivity contribution in [3.05, 3.63) is 63.1 Å². The van der Waals surface area contributed by atoms with Crippen molar-refractivity contribution in [2.24, 2.45) is 0 Å². The Morgan fingerprint density at radius 3 is 2.96 bits per heavy atom. The van der Waals surface area contributed by atoms with Crippen molar-refractivity contribution in [2.45, 2.75) is 25.8 Å². The fraction of sp³-hybridized carbons (Fsp3) is 0.263. The Bertz CT molecular complexity index is 926. The van der Waals surface area contributed by atoms with Gasteiger partial charge >= 0.3 is 0 Å². The average Bonchev–Trinajstić information content (AvgIpc) is 3.40. The predicted octanol–water partition coefficient (Wildman–Crippen LogP) is 4.80. The molecule has 26 heavy (non-hydrogen) atoms. The van der Waals surface area contributed by atoms with Gasteiger partial charge in [0.2, 0.25) is 0 Å². The van der Waals surface area contributed by atoms with Crippen LogP contribution < -0.4 is 5.32 Å². The first-order valence-corrected chi connectivity index (χ1v) is 10.2. The molecule has 0 unspecified atom stereocenters. The lowest BCUT2D eigenvalue weighted by molar-refractivity contribution is 0.0662. The molecule has 0 bridgehead atoms. The zero-order valence-electron chi connectivity index (χ0n) is 14.2. The zero-order valence-corrected chi connectivity index (χ0v) is 15.9. The van der Waals surface area contributed by atoms with Gasteiger partial charge in [0.1, 0.15) is 0 Å². The minimum Gasteiger partial charge on any atom is -0.459 e. The number of hydrogen-bond donors (Lipinski definition) is 1. The van der Waals surface area contributed by atoms with E-state index in [0.717, 1.165) is 19.4 Å². The monoisotopic (exact) mass is 386 g/mol. The molecule has 5 nitrogen and oxygen atoms in total. The molecule has 1 atom stereocenters. The summed E-state index contributed by atoms with van der Waals surface area (Å²) in [6.07, 6.45) is 3.25. The molecule has 2 amide bonds. The fourth-order valence-corrected chi connectivity index (χ4v) is 5.11. The van der Waals surface area contributed by atoms with Crippen molar-refractivity contribution in [3.8, 4) is 0 Å². The maximum absolute atomic E-state index is 13.0. The van der Waals surface area contributed by atoms with Crippen LogP contribution in [0.1, 0.15) is 50.1 Å². The lowest BCUT2D eigenvalue weighted by atomic mass is 9.97. The number of furan rings is 1. The van der Waals surface area contributed by atoms with Crippen LogP contribution in [0.4, 0.5) is 5.00 Å². The normalized spacial score (nSPS) is 16.3. The van der Waals surface area contributed by atoms with Crippen LogP contribution in [0.15, 0.2) is 46.4 Å². The molecule has 1 aliphatic heterocycles. The van der Waals surface area contributed by atoms with Crippen molar-refractivity contribution >= 4 is 39.5 Å². The average molecular weight is 386 g/mol. The maximum Gasteiger partial charge on any atom is 0.291 e. The number of rotatable bonds is 4. The highest BCUT2D eigenvalue weighted by atomic mass is 32.1. The van der Waals surface area contributed by atoms with E-state index in [0.29, 0.717) is 9.88 Å².